The molecule has 0 spiro atoms. The van der Waals surface area contributed by atoms with Gasteiger partial charge in [0.25, 0.3) is 0 Å². The number of anilines is 1. The first-order chi connectivity index (χ1) is 12.0. The molecule has 1 N–H and O–H groups in total. The van der Waals surface area contributed by atoms with Crippen LogP contribution < -0.4 is 5.32 Å². The van der Waals surface area contributed by atoms with Crippen LogP contribution in [-0.2, 0) is 11.3 Å². The standard InChI is InChI=1S/C19H24ClN3OS/c1-14-4-3-5-15(2)19(14)21-18(24)13-23-10-8-22(9-11-23)12-16-6-7-17(20)25-16/h3-7H,8-13H2,1-2H3,(H,21,24). The first kappa shape index (κ1) is 18.4. The minimum atomic E-state index is 0.0656. The molecule has 1 aliphatic heterocycles. The second-order valence-corrected chi connectivity index (χ2v) is 8.37. The van der Waals surface area contributed by atoms with Crippen molar-refractivity contribution in [2.24, 2.45) is 0 Å². The predicted octanol–water partition coefficient (Wildman–Crippen LogP) is 3.77. The zero-order valence-electron chi connectivity index (χ0n) is 14.7. The third-order valence-corrected chi connectivity index (χ3v) is 5.80. The maximum absolute atomic E-state index is 12.4. The third kappa shape index (κ3) is 5.05. The number of rotatable bonds is 5. The summed E-state index contributed by atoms with van der Waals surface area (Å²) in [4.78, 5) is 18.3. The number of carbonyl (C=O) groups excluding carboxylic acids is 1. The lowest BCUT2D eigenvalue weighted by Gasteiger charge is -2.34. The van der Waals surface area contributed by atoms with Crippen LogP contribution in [-0.4, -0.2) is 48.4 Å². The molecule has 2 aromatic rings. The molecule has 1 amide bonds. The van der Waals surface area contributed by atoms with Crippen molar-refractivity contribution in [1.82, 2.24) is 9.80 Å². The lowest BCUT2D eigenvalue weighted by molar-refractivity contribution is -0.117. The van der Waals surface area contributed by atoms with E-state index >= 15 is 0 Å². The smallest absolute Gasteiger partial charge is 0.238 e. The number of benzene rings is 1. The van der Waals surface area contributed by atoms with E-state index in [0.29, 0.717) is 6.54 Å². The van der Waals surface area contributed by atoms with Crippen LogP contribution in [0.25, 0.3) is 0 Å². The Morgan fingerprint density at radius 3 is 2.32 bits per heavy atom. The Hall–Kier alpha value is -1.40. The molecule has 4 nitrogen and oxygen atoms in total. The van der Waals surface area contributed by atoms with Crippen LogP contribution in [0.4, 0.5) is 5.69 Å². The van der Waals surface area contributed by atoms with Crippen molar-refractivity contribution in [2.75, 3.05) is 38.0 Å². The zero-order chi connectivity index (χ0) is 17.8. The fraction of sp³-hybridized carbons (Fsp3) is 0.421. The maximum Gasteiger partial charge on any atom is 0.238 e. The fourth-order valence-corrected chi connectivity index (χ4v) is 4.29. The lowest BCUT2D eigenvalue weighted by Crippen LogP contribution is -2.48. The van der Waals surface area contributed by atoms with Gasteiger partial charge >= 0.3 is 0 Å². The lowest BCUT2D eigenvalue weighted by atomic mass is 10.1. The summed E-state index contributed by atoms with van der Waals surface area (Å²) in [5, 5.41) is 3.07. The van der Waals surface area contributed by atoms with Gasteiger partial charge in [0, 0.05) is 43.3 Å². The van der Waals surface area contributed by atoms with Gasteiger partial charge in [-0.15, -0.1) is 11.3 Å². The number of hydrogen-bond acceptors (Lipinski definition) is 4. The Kier molecular flexibility index (Phi) is 6.12. The van der Waals surface area contributed by atoms with Crippen LogP contribution in [0.2, 0.25) is 4.34 Å². The van der Waals surface area contributed by atoms with Crippen molar-refractivity contribution < 1.29 is 4.79 Å². The highest BCUT2D eigenvalue weighted by Gasteiger charge is 2.20. The van der Waals surface area contributed by atoms with Crippen molar-refractivity contribution in [2.45, 2.75) is 20.4 Å². The molecule has 0 aliphatic carbocycles. The highest BCUT2D eigenvalue weighted by Crippen LogP contribution is 2.23. The third-order valence-electron chi connectivity index (χ3n) is 4.59. The molecule has 0 radical (unpaired) electrons. The molecule has 1 aromatic carbocycles. The summed E-state index contributed by atoms with van der Waals surface area (Å²) in [6.45, 7) is 9.24. The number of amides is 1. The number of nitrogens with zero attached hydrogens (tertiary/aromatic N) is 2. The van der Waals surface area contributed by atoms with Crippen molar-refractivity contribution in [3.05, 3.63) is 50.7 Å². The van der Waals surface area contributed by atoms with Gasteiger partial charge in [-0.1, -0.05) is 29.8 Å². The molecule has 134 valence electrons. The topological polar surface area (TPSA) is 35.6 Å². The normalized spacial score (nSPS) is 16.1. The molecular weight excluding hydrogens is 354 g/mol. The van der Waals surface area contributed by atoms with Gasteiger partial charge in [-0.25, -0.2) is 0 Å². The van der Waals surface area contributed by atoms with Crippen molar-refractivity contribution in [3.63, 3.8) is 0 Å². The first-order valence-electron chi connectivity index (χ1n) is 8.56. The summed E-state index contributed by atoms with van der Waals surface area (Å²) < 4.78 is 0.844. The Morgan fingerprint density at radius 2 is 1.72 bits per heavy atom. The number of thiophene rings is 1. The molecule has 1 fully saturated rings. The molecule has 6 heteroatoms. The Morgan fingerprint density at radius 1 is 1.08 bits per heavy atom. The summed E-state index contributed by atoms with van der Waals surface area (Å²) in [6.07, 6.45) is 0. The van der Waals surface area contributed by atoms with Gasteiger partial charge in [-0.3, -0.25) is 14.6 Å². The molecular formula is C19H24ClN3OS. The minimum absolute atomic E-state index is 0.0656. The Balaban J connectivity index is 1.46. The maximum atomic E-state index is 12.4. The minimum Gasteiger partial charge on any atom is -0.324 e. The first-order valence-corrected chi connectivity index (χ1v) is 9.75. The largest absolute Gasteiger partial charge is 0.324 e. The summed E-state index contributed by atoms with van der Waals surface area (Å²) in [5.74, 6) is 0.0656. The van der Waals surface area contributed by atoms with Gasteiger partial charge in [0.15, 0.2) is 0 Å². The number of hydrogen-bond donors (Lipinski definition) is 1. The summed E-state index contributed by atoms with van der Waals surface area (Å²) in [6, 6.07) is 10.1. The number of halogens is 1. The van der Waals surface area contributed by atoms with E-state index in [1.807, 2.05) is 38.1 Å². The summed E-state index contributed by atoms with van der Waals surface area (Å²) >= 11 is 7.64. The molecule has 0 saturated carbocycles. The van der Waals surface area contributed by atoms with Crippen LogP contribution in [0.3, 0.4) is 0 Å². The van der Waals surface area contributed by atoms with E-state index in [2.05, 4.69) is 21.2 Å². The average molecular weight is 378 g/mol. The molecule has 0 atom stereocenters. The number of piperazine rings is 1. The van der Waals surface area contributed by atoms with E-state index in [4.69, 9.17) is 11.6 Å². The molecule has 2 heterocycles. The summed E-state index contributed by atoms with van der Waals surface area (Å²) in [5.41, 5.74) is 3.15. The van der Waals surface area contributed by atoms with Gasteiger partial charge in [0.05, 0.1) is 10.9 Å². The molecule has 1 saturated heterocycles. The fourth-order valence-electron chi connectivity index (χ4n) is 3.16. The van der Waals surface area contributed by atoms with Crippen molar-refractivity contribution in [3.8, 4) is 0 Å². The average Bonchev–Trinajstić information content (AvgIpc) is 2.98. The highest BCUT2D eigenvalue weighted by molar-refractivity contribution is 7.16. The molecule has 0 unspecified atom stereocenters. The number of carbonyl (C=O) groups is 1. The summed E-state index contributed by atoms with van der Waals surface area (Å²) in [7, 11) is 0. The molecule has 1 aliphatic rings. The van der Waals surface area contributed by atoms with Gasteiger partial charge in [-0.05, 0) is 37.1 Å². The molecule has 0 bridgehead atoms. The number of nitrogens with one attached hydrogen (secondary N) is 1. The quantitative estimate of drug-likeness (QED) is 0.861. The second-order valence-electron chi connectivity index (χ2n) is 6.57. The van der Waals surface area contributed by atoms with E-state index in [-0.39, 0.29) is 5.91 Å². The predicted molar refractivity (Wildman–Crippen MR) is 106 cm³/mol. The van der Waals surface area contributed by atoms with E-state index < -0.39 is 0 Å². The van der Waals surface area contributed by atoms with E-state index in [9.17, 15) is 4.79 Å². The van der Waals surface area contributed by atoms with Gasteiger partial charge < -0.3 is 5.32 Å². The molecule has 1 aromatic heterocycles. The van der Waals surface area contributed by atoms with Crippen LogP contribution in [0.15, 0.2) is 30.3 Å². The van der Waals surface area contributed by atoms with E-state index in [0.717, 1.165) is 53.9 Å². The Bertz CT molecular complexity index is 718. The van der Waals surface area contributed by atoms with Gasteiger partial charge in [0.2, 0.25) is 5.91 Å². The van der Waals surface area contributed by atoms with Gasteiger partial charge in [-0.2, -0.15) is 0 Å². The number of para-hydroxylation sites is 1. The van der Waals surface area contributed by atoms with Crippen molar-refractivity contribution in [1.29, 1.82) is 0 Å². The van der Waals surface area contributed by atoms with Crippen LogP contribution in [0, 0.1) is 13.8 Å². The molecule has 25 heavy (non-hydrogen) atoms. The van der Waals surface area contributed by atoms with Crippen molar-refractivity contribution >= 4 is 34.5 Å². The monoisotopic (exact) mass is 377 g/mol. The van der Waals surface area contributed by atoms with Gasteiger partial charge in [0.1, 0.15) is 0 Å². The van der Waals surface area contributed by atoms with E-state index in [1.54, 1.807) is 11.3 Å². The zero-order valence-corrected chi connectivity index (χ0v) is 16.3. The SMILES string of the molecule is Cc1cccc(C)c1NC(=O)CN1CCN(Cc2ccc(Cl)s2)CC1. The Labute approximate surface area is 158 Å². The molecule has 3 rings (SSSR count). The van der Waals surface area contributed by atoms with Crippen LogP contribution in [0.1, 0.15) is 16.0 Å². The highest BCUT2D eigenvalue weighted by atomic mass is 35.5. The second kappa shape index (κ2) is 8.32. The van der Waals surface area contributed by atoms with Crippen LogP contribution >= 0.6 is 22.9 Å². The number of aryl methyl sites for hydroxylation is 2. The van der Waals surface area contributed by atoms with E-state index in [1.165, 1.54) is 4.88 Å². The van der Waals surface area contributed by atoms with Crippen LogP contribution in [0.5, 0.6) is 0 Å².